The lowest BCUT2D eigenvalue weighted by atomic mass is 10.0. The van der Waals surface area contributed by atoms with E-state index in [2.05, 4.69) is 208 Å². The Hall–Kier alpha value is -5.26. The zero-order valence-corrected chi connectivity index (χ0v) is 55.2. The number of hydrogen-bond donors (Lipinski definition) is 1. The summed E-state index contributed by atoms with van der Waals surface area (Å²) in [6.07, 6.45) is 117. The van der Waals surface area contributed by atoms with Crippen molar-refractivity contribution in [3.63, 3.8) is 0 Å². The fourth-order valence-corrected chi connectivity index (χ4v) is 9.24. The van der Waals surface area contributed by atoms with Gasteiger partial charge in [0.25, 0.3) is 0 Å². The third-order valence-corrected chi connectivity index (χ3v) is 14.4. The molecule has 0 amide bonds. The van der Waals surface area contributed by atoms with Crippen LogP contribution < -0.4 is 0 Å². The summed E-state index contributed by atoms with van der Waals surface area (Å²) in [7, 11) is 0. The van der Waals surface area contributed by atoms with E-state index in [1.807, 2.05) is 0 Å². The third-order valence-electron chi connectivity index (χ3n) is 14.4. The Morgan fingerprint density at radius 2 is 0.465 bits per heavy atom. The molecular weight excluding hydrogens is 1050 g/mol. The molecule has 0 radical (unpaired) electrons. The zero-order chi connectivity index (χ0) is 61.9. The Morgan fingerprint density at radius 1 is 0.267 bits per heavy atom. The molecule has 1 N–H and O–H groups in total. The Labute approximate surface area is 530 Å². The van der Waals surface area contributed by atoms with Gasteiger partial charge in [0.2, 0.25) is 0 Å². The standard InChI is InChI=1S/C81H128O5/c1-3-5-7-9-11-13-15-17-19-21-23-25-27-29-31-33-35-37-39-40-42-43-45-47-49-51-53-55-57-59-61-63-65-67-69-71-73-75-80(83)85-78-79(77-82)86-81(84)76-74-72-70-68-66-64-62-60-58-56-54-52-50-48-46-44-41-38-36-34-32-30-28-26-24-22-20-18-16-14-12-10-8-6-4-2/h5-8,11-14,17-20,23-26,29-32,35-38,44,46,50,52,56,58,62,64,79,82H,3-4,9-10,15-16,21-22,27-28,33-34,39-43,45,47-49,51,53-55,57,59-61,63,65-78H2,1-2H3/b7-5-,8-6-,13-11-,14-12-,19-17-,20-18-,25-23-,26-24-,31-29-,32-30-,37-35-,38-36-,46-44-,52-50-,58-56-,64-62-. The molecule has 1 atom stereocenters. The van der Waals surface area contributed by atoms with Gasteiger partial charge in [0.15, 0.2) is 6.10 Å². The summed E-state index contributed by atoms with van der Waals surface area (Å²) in [5.74, 6) is -0.626. The normalized spacial score (nSPS) is 13.5. The molecule has 0 aliphatic carbocycles. The van der Waals surface area contributed by atoms with Gasteiger partial charge in [-0.3, -0.25) is 9.59 Å². The van der Waals surface area contributed by atoms with E-state index >= 15 is 0 Å². The van der Waals surface area contributed by atoms with Crippen molar-refractivity contribution in [1.29, 1.82) is 0 Å². The van der Waals surface area contributed by atoms with E-state index in [1.165, 1.54) is 103 Å². The molecule has 0 rings (SSSR count). The van der Waals surface area contributed by atoms with E-state index in [-0.39, 0.29) is 25.2 Å². The highest BCUT2D eigenvalue weighted by atomic mass is 16.6. The van der Waals surface area contributed by atoms with Crippen molar-refractivity contribution in [3.05, 3.63) is 194 Å². The maximum atomic E-state index is 12.4. The number of esters is 2. The summed E-state index contributed by atoms with van der Waals surface area (Å²) in [5.41, 5.74) is 0. The number of hydrogen-bond acceptors (Lipinski definition) is 5. The molecule has 0 aromatic carbocycles. The Morgan fingerprint density at radius 3 is 0.698 bits per heavy atom. The second-order valence-corrected chi connectivity index (χ2v) is 22.5. The Kier molecular flexibility index (Phi) is 69.5. The summed E-state index contributed by atoms with van der Waals surface area (Å²) in [4.78, 5) is 24.7. The maximum Gasteiger partial charge on any atom is 0.306 e. The van der Waals surface area contributed by atoms with E-state index in [0.717, 1.165) is 154 Å². The van der Waals surface area contributed by atoms with Crippen molar-refractivity contribution < 1.29 is 24.2 Å². The topological polar surface area (TPSA) is 72.8 Å². The SMILES string of the molecule is CC/C=C\C/C=C\C/C=C\C/C=C\C/C=C\C/C=C\C/C=C\C/C=C\C/C=C\C/C=C\CCCCCCC(=O)OC(CO)COC(=O)CCCCCCCCCCCCCCCCCCCC/C=C\C/C=C\C/C=C\C/C=C\C/C=C\C/C=C\CC. The average molecular weight is 1180 g/mol. The van der Waals surface area contributed by atoms with Gasteiger partial charge in [-0.2, -0.15) is 0 Å². The number of carbonyl (C=O) groups is 2. The summed E-state index contributed by atoms with van der Waals surface area (Å²) in [6.45, 7) is 3.89. The van der Waals surface area contributed by atoms with Gasteiger partial charge in [0, 0.05) is 12.8 Å². The molecule has 0 heterocycles. The average Bonchev–Trinajstić information content (AvgIpc) is 3.55. The third kappa shape index (κ3) is 71.2. The highest BCUT2D eigenvalue weighted by Gasteiger charge is 2.16. The molecule has 0 bridgehead atoms. The summed E-state index contributed by atoms with van der Waals surface area (Å²) < 4.78 is 10.7. The van der Waals surface area contributed by atoms with Crippen molar-refractivity contribution in [3.8, 4) is 0 Å². The van der Waals surface area contributed by atoms with Crippen LogP contribution in [0.5, 0.6) is 0 Å². The molecule has 0 saturated heterocycles. The minimum Gasteiger partial charge on any atom is -0.462 e. The molecule has 0 aromatic rings. The van der Waals surface area contributed by atoms with Crippen LogP contribution >= 0.6 is 0 Å². The zero-order valence-electron chi connectivity index (χ0n) is 55.2. The molecule has 5 heteroatoms. The minimum atomic E-state index is -0.801. The van der Waals surface area contributed by atoms with E-state index < -0.39 is 6.10 Å². The number of aliphatic hydroxyl groups is 1. The second-order valence-electron chi connectivity index (χ2n) is 22.5. The fourth-order valence-electron chi connectivity index (χ4n) is 9.24. The van der Waals surface area contributed by atoms with Gasteiger partial charge in [0.1, 0.15) is 6.61 Å². The molecule has 0 aliphatic rings. The van der Waals surface area contributed by atoms with E-state index in [0.29, 0.717) is 12.8 Å². The van der Waals surface area contributed by atoms with Crippen LogP contribution in [0.15, 0.2) is 194 Å². The highest BCUT2D eigenvalue weighted by molar-refractivity contribution is 5.70. The van der Waals surface area contributed by atoms with Gasteiger partial charge < -0.3 is 14.6 Å². The number of allylic oxidation sites excluding steroid dienone is 32. The van der Waals surface area contributed by atoms with E-state index in [9.17, 15) is 14.7 Å². The van der Waals surface area contributed by atoms with Crippen LogP contribution in [-0.4, -0.2) is 36.4 Å². The lowest BCUT2D eigenvalue weighted by Crippen LogP contribution is -2.28. The van der Waals surface area contributed by atoms with Crippen LogP contribution in [0, 0.1) is 0 Å². The van der Waals surface area contributed by atoms with Crippen LogP contribution in [-0.2, 0) is 19.1 Å². The van der Waals surface area contributed by atoms with Crippen molar-refractivity contribution in [2.75, 3.05) is 13.2 Å². The first-order chi connectivity index (χ1) is 42.6. The van der Waals surface area contributed by atoms with Gasteiger partial charge in [-0.15, -0.1) is 0 Å². The molecular formula is C81H128O5. The molecule has 0 fully saturated rings. The van der Waals surface area contributed by atoms with Crippen LogP contribution in [0.2, 0.25) is 0 Å². The Bertz CT molecular complexity index is 1970. The van der Waals surface area contributed by atoms with Crippen molar-refractivity contribution in [2.45, 2.75) is 290 Å². The van der Waals surface area contributed by atoms with Crippen molar-refractivity contribution in [2.24, 2.45) is 0 Å². The van der Waals surface area contributed by atoms with Crippen LogP contribution in [0.25, 0.3) is 0 Å². The monoisotopic (exact) mass is 1180 g/mol. The lowest BCUT2D eigenvalue weighted by Gasteiger charge is -2.15. The predicted octanol–water partition coefficient (Wildman–Crippen LogP) is 24.8. The molecule has 0 aromatic heterocycles. The van der Waals surface area contributed by atoms with Crippen LogP contribution in [0.4, 0.5) is 0 Å². The summed E-state index contributed by atoms with van der Waals surface area (Å²) in [6, 6.07) is 0. The van der Waals surface area contributed by atoms with Crippen molar-refractivity contribution >= 4 is 11.9 Å². The molecule has 0 spiro atoms. The number of ether oxygens (including phenoxy) is 2. The Balaban J connectivity index is 3.58. The van der Waals surface area contributed by atoms with Crippen LogP contribution in [0.1, 0.15) is 284 Å². The van der Waals surface area contributed by atoms with Crippen molar-refractivity contribution in [1.82, 2.24) is 0 Å². The van der Waals surface area contributed by atoms with Gasteiger partial charge >= 0.3 is 11.9 Å². The molecule has 0 aliphatic heterocycles. The van der Waals surface area contributed by atoms with Crippen LogP contribution in [0.3, 0.4) is 0 Å². The first kappa shape index (κ1) is 80.7. The largest absolute Gasteiger partial charge is 0.462 e. The minimum absolute atomic E-state index is 0.0863. The molecule has 1 unspecified atom stereocenters. The number of carbonyl (C=O) groups excluding carboxylic acids is 2. The van der Waals surface area contributed by atoms with Gasteiger partial charge in [-0.05, 0) is 141 Å². The molecule has 0 saturated carbocycles. The number of unbranched alkanes of at least 4 members (excludes halogenated alkanes) is 22. The van der Waals surface area contributed by atoms with Gasteiger partial charge in [0.05, 0.1) is 6.61 Å². The van der Waals surface area contributed by atoms with E-state index in [1.54, 1.807) is 0 Å². The van der Waals surface area contributed by atoms with Gasteiger partial charge in [-0.25, -0.2) is 0 Å². The molecule has 482 valence electrons. The summed E-state index contributed by atoms with van der Waals surface area (Å²) in [5, 5.41) is 9.70. The lowest BCUT2D eigenvalue weighted by molar-refractivity contribution is -0.161. The van der Waals surface area contributed by atoms with E-state index in [4.69, 9.17) is 9.47 Å². The number of rotatable bonds is 62. The van der Waals surface area contributed by atoms with Gasteiger partial charge in [-0.1, -0.05) is 324 Å². The smallest absolute Gasteiger partial charge is 0.306 e. The first-order valence-electron chi connectivity index (χ1n) is 35.0. The molecule has 5 nitrogen and oxygen atoms in total. The second kappa shape index (κ2) is 74.0. The quantitative estimate of drug-likeness (QED) is 0.0373. The predicted molar refractivity (Wildman–Crippen MR) is 379 cm³/mol. The number of aliphatic hydroxyl groups excluding tert-OH is 1. The highest BCUT2D eigenvalue weighted by Crippen LogP contribution is 2.16. The maximum absolute atomic E-state index is 12.4. The first-order valence-corrected chi connectivity index (χ1v) is 35.0. The fraction of sp³-hybridized carbons (Fsp3) is 0.580. The summed E-state index contributed by atoms with van der Waals surface area (Å²) >= 11 is 0. The molecule has 86 heavy (non-hydrogen) atoms.